The molecule has 0 heterocycles. The first-order chi connectivity index (χ1) is 8.03. The van der Waals surface area contributed by atoms with E-state index in [1.807, 2.05) is 0 Å². The van der Waals surface area contributed by atoms with Crippen molar-refractivity contribution in [3.63, 3.8) is 0 Å². The van der Waals surface area contributed by atoms with Gasteiger partial charge in [0.2, 0.25) is 11.6 Å². The summed E-state index contributed by atoms with van der Waals surface area (Å²) in [6, 6.07) is -1.74. The van der Waals surface area contributed by atoms with E-state index in [4.69, 9.17) is 15.9 Å². The molecule has 18 heavy (non-hydrogen) atoms. The van der Waals surface area contributed by atoms with Crippen LogP contribution in [-0.2, 0) is 9.59 Å². The van der Waals surface area contributed by atoms with Crippen molar-refractivity contribution in [2.75, 3.05) is 6.61 Å². The average molecular weight is 458 g/mol. The van der Waals surface area contributed by atoms with E-state index in [0.717, 1.165) is 0 Å². The third-order valence-corrected chi connectivity index (χ3v) is 3.16. The molecule has 106 valence electrons. The number of ketones is 2. The first kappa shape index (κ1) is 18.6. The van der Waals surface area contributed by atoms with Crippen LogP contribution in [0.25, 0.3) is 0 Å². The molecule has 0 spiro atoms. The normalized spacial score (nSPS) is 18.9. The van der Waals surface area contributed by atoms with Crippen molar-refractivity contribution in [1.82, 2.24) is 0 Å². The van der Waals surface area contributed by atoms with Crippen LogP contribution in [0.1, 0.15) is 0 Å². The number of hydrogen-bond acceptors (Lipinski definition) is 7. The van der Waals surface area contributed by atoms with E-state index in [0.29, 0.717) is 0 Å². The monoisotopic (exact) mass is 455 g/mol. The molecule has 0 saturated heterocycles. The van der Waals surface area contributed by atoms with E-state index in [2.05, 4.69) is 47.8 Å². The summed E-state index contributed by atoms with van der Waals surface area (Å²) in [4.78, 5) is 23.1. The summed E-state index contributed by atoms with van der Waals surface area (Å²) >= 11 is 8.45. The first-order valence-corrected chi connectivity index (χ1v) is 6.98. The van der Waals surface area contributed by atoms with Crippen LogP contribution in [0, 0.1) is 0 Å². The predicted molar refractivity (Wildman–Crippen MR) is 72.6 cm³/mol. The third kappa shape index (κ3) is 4.93. The predicted octanol–water partition coefficient (Wildman–Crippen LogP) is -1.63. The van der Waals surface area contributed by atoms with Crippen molar-refractivity contribution >= 4 is 59.4 Å². The molecule has 0 radical (unpaired) electrons. The van der Waals surface area contributed by atoms with Gasteiger partial charge in [-0.05, 0) is 0 Å². The summed E-state index contributed by atoms with van der Waals surface area (Å²) in [5.74, 6) is -2.20. The zero-order valence-corrected chi connectivity index (χ0v) is 13.6. The quantitative estimate of drug-likeness (QED) is 0.238. The lowest BCUT2D eigenvalue weighted by molar-refractivity contribution is -0.141. The van der Waals surface area contributed by atoms with Crippen molar-refractivity contribution in [3.8, 4) is 0 Å². The summed E-state index contributed by atoms with van der Waals surface area (Å²) in [5, 5.41) is 36.5. The van der Waals surface area contributed by atoms with Crippen molar-refractivity contribution in [3.05, 3.63) is 0 Å². The fraction of sp³-hybridized carbons (Fsp3) is 0.750. The molecule has 0 aliphatic carbocycles. The van der Waals surface area contributed by atoms with E-state index in [1.165, 1.54) is 0 Å². The van der Waals surface area contributed by atoms with Gasteiger partial charge in [0.15, 0.2) is 2.14 Å². The molecule has 0 amide bonds. The SMILES string of the molecule is N[C@H](C(=O)C(=O)C(Br)(Br)Br)[C@@H](O)[C@H](O)[C@H](O)CO. The third-order valence-electron chi connectivity index (χ3n) is 2.08. The summed E-state index contributed by atoms with van der Waals surface area (Å²) in [6.45, 7) is -0.827. The highest BCUT2D eigenvalue weighted by atomic mass is 80.0. The Labute approximate surface area is 128 Å². The minimum absolute atomic E-state index is 0.827. The highest BCUT2D eigenvalue weighted by Gasteiger charge is 2.41. The van der Waals surface area contributed by atoms with Crippen molar-refractivity contribution in [1.29, 1.82) is 0 Å². The number of alkyl halides is 3. The number of hydrogen-bond donors (Lipinski definition) is 5. The van der Waals surface area contributed by atoms with Crippen LogP contribution >= 0.6 is 47.8 Å². The zero-order chi connectivity index (χ0) is 14.7. The Hall–Kier alpha value is 0.580. The molecule has 10 heteroatoms. The Morgan fingerprint density at radius 1 is 1.11 bits per heavy atom. The molecule has 0 bridgehead atoms. The molecule has 0 aromatic carbocycles. The molecule has 0 aromatic heterocycles. The second kappa shape index (κ2) is 7.39. The minimum atomic E-state index is -1.89. The van der Waals surface area contributed by atoms with Crippen molar-refractivity contribution in [2.24, 2.45) is 5.73 Å². The lowest BCUT2D eigenvalue weighted by atomic mass is 9.97. The van der Waals surface area contributed by atoms with Crippen molar-refractivity contribution in [2.45, 2.75) is 26.5 Å². The molecule has 0 rings (SSSR count). The fourth-order valence-corrected chi connectivity index (χ4v) is 1.58. The van der Waals surface area contributed by atoms with Gasteiger partial charge >= 0.3 is 0 Å². The lowest BCUT2D eigenvalue weighted by Crippen LogP contribution is -2.55. The number of carbonyl (C=O) groups is 2. The van der Waals surface area contributed by atoms with E-state index < -0.39 is 44.7 Å². The van der Waals surface area contributed by atoms with Gasteiger partial charge < -0.3 is 26.2 Å². The Bertz CT molecular complexity index is 320. The van der Waals surface area contributed by atoms with Gasteiger partial charge in [-0.3, -0.25) is 9.59 Å². The molecule has 0 aliphatic rings. The molecular weight excluding hydrogens is 446 g/mol. The molecule has 0 unspecified atom stereocenters. The van der Waals surface area contributed by atoms with Gasteiger partial charge in [0.25, 0.3) is 0 Å². The number of halogens is 3. The molecule has 6 N–H and O–H groups in total. The summed E-state index contributed by atoms with van der Waals surface area (Å²) in [7, 11) is 0. The van der Waals surface area contributed by atoms with Crippen molar-refractivity contribution < 1.29 is 30.0 Å². The van der Waals surface area contributed by atoms with Crippen LogP contribution < -0.4 is 5.73 Å². The van der Waals surface area contributed by atoms with Crippen LogP contribution in [-0.4, -0.2) is 65.1 Å². The zero-order valence-electron chi connectivity index (χ0n) is 8.83. The number of carbonyl (C=O) groups excluding carboxylic acids is 2. The van der Waals surface area contributed by atoms with Gasteiger partial charge in [-0.25, -0.2) is 0 Å². The van der Waals surface area contributed by atoms with Crippen LogP contribution in [0.4, 0.5) is 0 Å². The molecule has 7 nitrogen and oxygen atoms in total. The van der Waals surface area contributed by atoms with E-state index in [1.54, 1.807) is 0 Å². The van der Waals surface area contributed by atoms with Crippen LogP contribution in [0.3, 0.4) is 0 Å². The maximum absolute atomic E-state index is 11.6. The number of nitrogens with two attached hydrogens (primary N) is 1. The highest BCUT2D eigenvalue weighted by molar-refractivity contribution is 9.40. The lowest BCUT2D eigenvalue weighted by Gasteiger charge is -2.25. The molecular formula is C8H12Br3NO6. The molecule has 0 fully saturated rings. The van der Waals surface area contributed by atoms with Crippen LogP contribution in [0.5, 0.6) is 0 Å². The highest BCUT2D eigenvalue weighted by Crippen LogP contribution is 2.35. The van der Waals surface area contributed by atoms with E-state index >= 15 is 0 Å². The van der Waals surface area contributed by atoms with E-state index in [-0.39, 0.29) is 0 Å². The van der Waals surface area contributed by atoms with Gasteiger partial charge in [-0.2, -0.15) is 0 Å². The Morgan fingerprint density at radius 2 is 1.56 bits per heavy atom. The topological polar surface area (TPSA) is 141 Å². The average Bonchev–Trinajstić information content (AvgIpc) is 2.31. The Balaban J connectivity index is 4.80. The minimum Gasteiger partial charge on any atom is -0.394 e. The van der Waals surface area contributed by atoms with Gasteiger partial charge in [0.1, 0.15) is 24.4 Å². The molecule has 0 aromatic rings. The number of Topliss-reactive ketones (excluding diaryl/α,β-unsaturated/α-hetero) is 2. The van der Waals surface area contributed by atoms with Gasteiger partial charge in [-0.15, -0.1) is 0 Å². The van der Waals surface area contributed by atoms with E-state index in [9.17, 15) is 19.8 Å². The standard InChI is InChI=1S/C8H12Br3NO6/c9-8(10,11)7(18)6(17)3(12)5(16)4(15)2(14)1-13/h2-5,13-16H,1,12H2/t2-,3+,4-,5-/m1/s1. The first-order valence-electron chi connectivity index (χ1n) is 4.60. The summed E-state index contributed by atoms with van der Waals surface area (Å²) in [5.41, 5.74) is 5.32. The second-order valence-electron chi connectivity index (χ2n) is 3.45. The van der Waals surface area contributed by atoms with Crippen LogP contribution in [0.2, 0.25) is 0 Å². The Morgan fingerprint density at radius 3 is 1.89 bits per heavy atom. The number of aliphatic hydroxyl groups is 4. The van der Waals surface area contributed by atoms with Crippen LogP contribution in [0.15, 0.2) is 0 Å². The molecule has 0 saturated carbocycles. The second-order valence-corrected chi connectivity index (χ2v) is 10.2. The largest absolute Gasteiger partial charge is 0.394 e. The number of aliphatic hydroxyl groups excluding tert-OH is 4. The number of rotatable bonds is 6. The maximum Gasteiger partial charge on any atom is 0.238 e. The fourth-order valence-electron chi connectivity index (χ4n) is 0.994. The molecule has 0 aliphatic heterocycles. The van der Waals surface area contributed by atoms with Gasteiger partial charge in [-0.1, -0.05) is 47.8 Å². The van der Waals surface area contributed by atoms with Gasteiger partial charge in [0.05, 0.1) is 6.61 Å². The Kier molecular flexibility index (Phi) is 7.62. The maximum atomic E-state index is 11.6. The molecule has 4 atom stereocenters. The smallest absolute Gasteiger partial charge is 0.238 e. The summed E-state index contributed by atoms with van der Waals surface area (Å²) < 4.78 is -1.51. The summed E-state index contributed by atoms with van der Waals surface area (Å²) in [6.07, 6.45) is -5.41. The van der Waals surface area contributed by atoms with Gasteiger partial charge in [0, 0.05) is 0 Å².